The van der Waals surface area contributed by atoms with Crippen molar-refractivity contribution in [3.8, 4) is 0 Å². The normalized spacial score (nSPS) is 20.0. The van der Waals surface area contributed by atoms with Crippen LogP contribution in [-0.2, 0) is 16.1 Å². The van der Waals surface area contributed by atoms with Crippen molar-refractivity contribution in [2.45, 2.75) is 31.7 Å². The molecule has 2 atom stereocenters. The van der Waals surface area contributed by atoms with Crippen LogP contribution in [0.2, 0.25) is 5.02 Å². The van der Waals surface area contributed by atoms with E-state index in [1.165, 1.54) is 33.7 Å². The predicted octanol–water partition coefficient (Wildman–Crippen LogP) is 4.50. The molecule has 4 amide bonds. The highest BCUT2D eigenvalue weighted by Crippen LogP contribution is 2.35. The molecule has 6 nitrogen and oxygen atoms in total. The van der Waals surface area contributed by atoms with Crippen LogP contribution in [0.25, 0.3) is 0 Å². The van der Waals surface area contributed by atoms with Crippen molar-refractivity contribution in [2.75, 3.05) is 11.9 Å². The SMILES string of the molecule is Cc1ccc(CN2C(=O)C3SC=CC3N(CC(=O)Nc3cc(F)ccc3Cl)C2=O)cc1C. The third kappa shape index (κ3) is 4.38. The fraction of sp³-hybridized carbons (Fsp3) is 0.261. The summed E-state index contributed by atoms with van der Waals surface area (Å²) in [6, 6.07) is 8.37. The van der Waals surface area contributed by atoms with E-state index >= 15 is 0 Å². The zero-order valence-electron chi connectivity index (χ0n) is 17.5. The van der Waals surface area contributed by atoms with Gasteiger partial charge in [-0.15, -0.1) is 11.8 Å². The number of carbonyl (C=O) groups excluding carboxylic acids is 3. The molecule has 0 radical (unpaired) electrons. The van der Waals surface area contributed by atoms with Crippen molar-refractivity contribution in [3.63, 3.8) is 0 Å². The minimum atomic E-state index is -0.542. The molecule has 4 rings (SSSR count). The molecule has 2 unspecified atom stereocenters. The lowest BCUT2D eigenvalue weighted by Crippen LogP contribution is -2.62. The molecule has 2 aliphatic rings. The van der Waals surface area contributed by atoms with E-state index in [0.717, 1.165) is 22.8 Å². The highest BCUT2D eigenvalue weighted by Gasteiger charge is 2.47. The zero-order chi connectivity index (χ0) is 23.0. The van der Waals surface area contributed by atoms with Crippen LogP contribution < -0.4 is 5.32 Å². The number of benzene rings is 2. The number of hydrogen-bond acceptors (Lipinski definition) is 4. The van der Waals surface area contributed by atoms with E-state index in [4.69, 9.17) is 11.6 Å². The molecule has 0 aromatic heterocycles. The second kappa shape index (κ2) is 8.96. The van der Waals surface area contributed by atoms with Crippen molar-refractivity contribution < 1.29 is 18.8 Å². The summed E-state index contributed by atoms with van der Waals surface area (Å²) in [4.78, 5) is 41.5. The van der Waals surface area contributed by atoms with Crippen LogP contribution in [0, 0.1) is 19.7 Å². The molecule has 0 spiro atoms. The number of imide groups is 1. The number of urea groups is 1. The minimum absolute atomic E-state index is 0.121. The summed E-state index contributed by atoms with van der Waals surface area (Å²) in [5, 5.41) is 4.00. The van der Waals surface area contributed by atoms with Gasteiger partial charge in [-0.1, -0.05) is 35.9 Å². The first kappa shape index (κ1) is 22.4. The van der Waals surface area contributed by atoms with Gasteiger partial charge < -0.3 is 10.2 Å². The lowest BCUT2D eigenvalue weighted by molar-refractivity contribution is -0.132. The average molecular weight is 474 g/mol. The van der Waals surface area contributed by atoms with E-state index in [1.807, 2.05) is 32.0 Å². The first-order chi connectivity index (χ1) is 15.2. The fourth-order valence-electron chi connectivity index (χ4n) is 3.73. The van der Waals surface area contributed by atoms with Crippen LogP contribution in [0.15, 0.2) is 47.9 Å². The summed E-state index contributed by atoms with van der Waals surface area (Å²) in [7, 11) is 0. The molecule has 2 aliphatic heterocycles. The molecule has 1 fully saturated rings. The first-order valence-electron chi connectivity index (χ1n) is 10.00. The number of aryl methyl sites for hydroxylation is 2. The molecule has 32 heavy (non-hydrogen) atoms. The third-order valence-electron chi connectivity index (χ3n) is 5.59. The Balaban J connectivity index is 1.55. The van der Waals surface area contributed by atoms with E-state index in [2.05, 4.69) is 5.32 Å². The van der Waals surface area contributed by atoms with Gasteiger partial charge in [0.1, 0.15) is 17.6 Å². The van der Waals surface area contributed by atoms with Crippen LogP contribution in [-0.4, -0.2) is 45.5 Å². The van der Waals surface area contributed by atoms with E-state index in [1.54, 1.807) is 11.5 Å². The smallest absolute Gasteiger partial charge is 0.323 e. The Morgan fingerprint density at radius 1 is 1.16 bits per heavy atom. The number of thioether (sulfide) groups is 1. The maximum atomic E-state index is 13.5. The number of amides is 4. The Morgan fingerprint density at radius 3 is 2.69 bits per heavy atom. The van der Waals surface area contributed by atoms with Gasteiger partial charge in [0.25, 0.3) is 0 Å². The van der Waals surface area contributed by atoms with Gasteiger partial charge in [0, 0.05) is 0 Å². The number of carbonyl (C=O) groups is 3. The highest BCUT2D eigenvalue weighted by atomic mass is 35.5. The summed E-state index contributed by atoms with van der Waals surface area (Å²) in [5.41, 5.74) is 3.14. The summed E-state index contributed by atoms with van der Waals surface area (Å²) < 4.78 is 13.5. The molecule has 9 heteroatoms. The molecule has 2 aromatic carbocycles. The van der Waals surface area contributed by atoms with Gasteiger partial charge in [0.05, 0.1) is 23.3 Å². The Labute approximate surface area is 194 Å². The Bertz CT molecular complexity index is 1140. The van der Waals surface area contributed by atoms with Crippen molar-refractivity contribution in [1.29, 1.82) is 0 Å². The van der Waals surface area contributed by atoms with Gasteiger partial charge in [0.2, 0.25) is 11.8 Å². The molecule has 166 valence electrons. The molecule has 0 bridgehead atoms. The first-order valence-corrected chi connectivity index (χ1v) is 11.3. The average Bonchev–Trinajstić information content (AvgIpc) is 3.24. The third-order valence-corrected chi connectivity index (χ3v) is 7.00. The molecule has 2 aromatic rings. The number of anilines is 1. The van der Waals surface area contributed by atoms with Crippen LogP contribution in [0.4, 0.5) is 14.9 Å². The summed E-state index contributed by atoms with van der Waals surface area (Å²) in [5.74, 6) is -1.35. The monoisotopic (exact) mass is 473 g/mol. The number of hydrogen-bond donors (Lipinski definition) is 1. The van der Waals surface area contributed by atoms with Crippen LogP contribution in [0.3, 0.4) is 0 Å². The number of fused-ring (bicyclic) bond motifs is 1. The quantitative estimate of drug-likeness (QED) is 0.694. The second-order valence-electron chi connectivity index (χ2n) is 7.80. The molecular formula is C23H21ClFN3O3S. The Morgan fingerprint density at radius 2 is 1.94 bits per heavy atom. The largest absolute Gasteiger partial charge is 0.328 e. The number of nitrogens with zero attached hydrogens (tertiary/aromatic N) is 2. The van der Waals surface area contributed by atoms with Gasteiger partial charge in [-0.2, -0.15) is 0 Å². The van der Waals surface area contributed by atoms with Gasteiger partial charge >= 0.3 is 6.03 Å². The van der Waals surface area contributed by atoms with E-state index < -0.39 is 29.0 Å². The van der Waals surface area contributed by atoms with Crippen molar-refractivity contribution in [1.82, 2.24) is 9.80 Å². The summed E-state index contributed by atoms with van der Waals surface area (Å²) in [6.45, 7) is 3.79. The second-order valence-corrected chi connectivity index (χ2v) is 9.26. The number of halogens is 2. The standard InChI is InChI=1S/C23H21ClFN3O3S/c1-13-3-4-15(9-14(13)2)11-28-22(30)21-19(7-8-32-21)27(23(28)31)12-20(29)26-18-10-16(25)5-6-17(18)24/h3-10,19,21H,11-12H2,1-2H3,(H,26,29). The molecule has 2 heterocycles. The summed E-state index contributed by atoms with van der Waals surface area (Å²) >= 11 is 7.36. The van der Waals surface area contributed by atoms with Crippen LogP contribution in [0.1, 0.15) is 16.7 Å². The van der Waals surface area contributed by atoms with Crippen LogP contribution >= 0.6 is 23.4 Å². The van der Waals surface area contributed by atoms with Crippen molar-refractivity contribution >= 4 is 46.9 Å². The number of nitrogens with one attached hydrogen (secondary N) is 1. The predicted molar refractivity (Wildman–Crippen MR) is 123 cm³/mol. The van der Waals surface area contributed by atoms with Gasteiger partial charge in [0.15, 0.2) is 0 Å². The topological polar surface area (TPSA) is 69.7 Å². The lowest BCUT2D eigenvalue weighted by Gasteiger charge is -2.41. The molecule has 1 saturated heterocycles. The van der Waals surface area contributed by atoms with E-state index in [-0.39, 0.29) is 29.7 Å². The van der Waals surface area contributed by atoms with Crippen molar-refractivity contribution in [2.24, 2.45) is 0 Å². The van der Waals surface area contributed by atoms with Crippen molar-refractivity contribution in [3.05, 3.63) is 75.4 Å². The van der Waals surface area contributed by atoms with Gasteiger partial charge in [-0.05, 0) is 54.1 Å². The van der Waals surface area contributed by atoms with Crippen LogP contribution in [0.5, 0.6) is 0 Å². The fourth-order valence-corrected chi connectivity index (χ4v) is 4.96. The Hall–Kier alpha value is -2.84. The maximum Gasteiger partial charge on any atom is 0.328 e. The van der Waals surface area contributed by atoms with Gasteiger partial charge in [-0.25, -0.2) is 9.18 Å². The van der Waals surface area contributed by atoms with Gasteiger partial charge in [-0.3, -0.25) is 14.5 Å². The van der Waals surface area contributed by atoms with E-state index in [0.29, 0.717) is 0 Å². The highest BCUT2D eigenvalue weighted by molar-refractivity contribution is 8.03. The minimum Gasteiger partial charge on any atom is -0.323 e. The van der Waals surface area contributed by atoms with E-state index in [9.17, 15) is 18.8 Å². The lowest BCUT2D eigenvalue weighted by atomic mass is 10.0. The molecule has 0 saturated carbocycles. The number of rotatable bonds is 5. The maximum absolute atomic E-state index is 13.5. The molecular weight excluding hydrogens is 453 g/mol. The molecule has 1 N–H and O–H groups in total. The summed E-state index contributed by atoms with van der Waals surface area (Å²) in [6.07, 6.45) is 1.75. The Kier molecular flexibility index (Phi) is 6.26. The zero-order valence-corrected chi connectivity index (χ0v) is 19.0. The molecule has 0 aliphatic carbocycles.